The lowest BCUT2D eigenvalue weighted by Gasteiger charge is -2.34. The lowest BCUT2D eigenvalue weighted by Crippen LogP contribution is -2.52. The van der Waals surface area contributed by atoms with Crippen molar-refractivity contribution in [2.45, 2.75) is 44.8 Å². The molecule has 1 aliphatic heterocycles. The molecule has 0 aromatic carbocycles. The first kappa shape index (κ1) is 13.8. The van der Waals surface area contributed by atoms with Crippen LogP contribution in [0, 0.1) is 0 Å². The predicted octanol–water partition coefficient (Wildman–Crippen LogP) is 0.833. The number of β-amino-alcohol motifs (C(OH)–C–C–N with tert-alkyl or cyclic N) is 1. The Morgan fingerprint density at radius 2 is 2.12 bits per heavy atom. The minimum absolute atomic E-state index is 0.0249. The van der Waals surface area contributed by atoms with E-state index in [0.717, 1.165) is 17.7 Å². The Labute approximate surface area is 100 Å². The standard InChI is InChI=1S/C11H19NO5/c1-2-3-6-17-10(14)9-5-4-8(13)7-12(9)11(15)16/h8-9,13H,2-7H2,1H3,(H,15,16). The van der Waals surface area contributed by atoms with Crippen molar-refractivity contribution in [2.75, 3.05) is 13.2 Å². The lowest BCUT2D eigenvalue weighted by molar-refractivity contribution is -0.151. The summed E-state index contributed by atoms with van der Waals surface area (Å²) in [5.41, 5.74) is 0. The Hall–Kier alpha value is -1.30. The summed E-state index contributed by atoms with van der Waals surface area (Å²) in [6.07, 6.45) is 0.551. The largest absolute Gasteiger partial charge is 0.465 e. The topological polar surface area (TPSA) is 87.1 Å². The molecule has 0 saturated carbocycles. The van der Waals surface area contributed by atoms with Crippen LogP contribution in [0.2, 0.25) is 0 Å². The van der Waals surface area contributed by atoms with Gasteiger partial charge in [-0.05, 0) is 19.3 Å². The molecule has 1 saturated heterocycles. The normalized spacial score (nSPS) is 24.5. The first-order chi connectivity index (χ1) is 8.06. The summed E-state index contributed by atoms with van der Waals surface area (Å²) in [5.74, 6) is -0.507. The molecule has 2 unspecified atom stereocenters. The maximum atomic E-state index is 11.7. The monoisotopic (exact) mass is 245 g/mol. The maximum absolute atomic E-state index is 11.7. The van der Waals surface area contributed by atoms with Gasteiger partial charge in [-0.3, -0.25) is 4.90 Å². The van der Waals surface area contributed by atoms with Gasteiger partial charge in [-0.2, -0.15) is 0 Å². The summed E-state index contributed by atoms with van der Waals surface area (Å²) in [4.78, 5) is 23.6. The molecule has 0 aromatic heterocycles. The minimum Gasteiger partial charge on any atom is -0.465 e. The molecule has 1 amide bonds. The molecule has 2 atom stereocenters. The third-order valence-electron chi connectivity index (χ3n) is 2.82. The number of amides is 1. The molecule has 0 aliphatic carbocycles. The molecule has 1 heterocycles. The van der Waals surface area contributed by atoms with Gasteiger partial charge < -0.3 is 14.9 Å². The SMILES string of the molecule is CCCCOC(=O)C1CCC(O)CN1C(=O)O. The highest BCUT2D eigenvalue weighted by Gasteiger charge is 2.36. The number of aliphatic hydroxyl groups excluding tert-OH is 1. The average molecular weight is 245 g/mol. The Bertz CT molecular complexity index is 281. The molecule has 1 aliphatic rings. The van der Waals surface area contributed by atoms with Crippen LogP contribution in [0.1, 0.15) is 32.6 Å². The molecule has 6 heteroatoms. The first-order valence-corrected chi connectivity index (χ1v) is 5.90. The molecule has 2 N–H and O–H groups in total. The molecule has 0 bridgehead atoms. The van der Waals surface area contributed by atoms with Gasteiger partial charge in [0.2, 0.25) is 0 Å². The highest BCUT2D eigenvalue weighted by molar-refractivity contribution is 5.81. The average Bonchev–Trinajstić information content (AvgIpc) is 2.29. The van der Waals surface area contributed by atoms with Crippen molar-refractivity contribution in [2.24, 2.45) is 0 Å². The van der Waals surface area contributed by atoms with E-state index in [1.54, 1.807) is 0 Å². The molecule has 0 aromatic rings. The molecule has 1 rings (SSSR count). The summed E-state index contributed by atoms with van der Waals surface area (Å²) in [6, 6.07) is -0.771. The zero-order chi connectivity index (χ0) is 12.8. The van der Waals surface area contributed by atoms with Gasteiger partial charge in [0.1, 0.15) is 6.04 Å². The lowest BCUT2D eigenvalue weighted by atomic mass is 10.0. The zero-order valence-corrected chi connectivity index (χ0v) is 9.96. The summed E-state index contributed by atoms with van der Waals surface area (Å²) in [7, 11) is 0. The maximum Gasteiger partial charge on any atom is 0.408 e. The number of nitrogens with zero attached hydrogens (tertiary/aromatic N) is 1. The van der Waals surface area contributed by atoms with E-state index in [1.807, 2.05) is 6.92 Å². The van der Waals surface area contributed by atoms with Gasteiger partial charge in [0, 0.05) is 0 Å². The number of carbonyl (C=O) groups excluding carboxylic acids is 1. The second kappa shape index (κ2) is 6.44. The van der Waals surface area contributed by atoms with Gasteiger partial charge in [-0.25, -0.2) is 9.59 Å². The number of hydrogen-bond acceptors (Lipinski definition) is 4. The Morgan fingerprint density at radius 1 is 1.41 bits per heavy atom. The number of rotatable bonds is 4. The summed E-state index contributed by atoms with van der Waals surface area (Å²) >= 11 is 0. The van der Waals surface area contributed by atoms with Crippen molar-refractivity contribution < 1.29 is 24.5 Å². The molecular formula is C11H19NO5. The second-order valence-electron chi connectivity index (χ2n) is 4.20. The first-order valence-electron chi connectivity index (χ1n) is 5.90. The fraction of sp³-hybridized carbons (Fsp3) is 0.818. The van der Waals surface area contributed by atoms with Crippen molar-refractivity contribution in [1.82, 2.24) is 4.90 Å². The molecule has 0 radical (unpaired) electrons. The van der Waals surface area contributed by atoms with Crippen LogP contribution in [0.4, 0.5) is 4.79 Å². The van der Waals surface area contributed by atoms with Crippen LogP contribution in [0.25, 0.3) is 0 Å². The Balaban J connectivity index is 2.54. The molecule has 17 heavy (non-hydrogen) atoms. The van der Waals surface area contributed by atoms with E-state index in [9.17, 15) is 14.7 Å². The van der Waals surface area contributed by atoms with Gasteiger partial charge in [-0.15, -0.1) is 0 Å². The van der Waals surface area contributed by atoms with E-state index in [0.29, 0.717) is 19.4 Å². The number of ether oxygens (including phenoxy) is 1. The molecular weight excluding hydrogens is 226 g/mol. The summed E-state index contributed by atoms with van der Waals surface area (Å²) < 4.78 is 5.01. The quantitative estimate of drug-likeness (QED) is 0.566. The number of likely N-dealkylation sites (tertiary alicyclic amines) is 1. The van der Waals surface area contributed by atoms with Crippen molar-refractivity contribution in [1.29, 1.82) is 0 Å². The predicted molar refractivity (Wildman–Crippen MR) is 59.6 cm³/mol. The number of piperidine rings is 1. The number of carbonyl (C=O) groups is 2. The molecule has 6 nitrogen and oxygen atoms in total. The number of unbranched alkanes of at least 4 members (excludes halogenated alkanes) is 1. The van der Waals surface area contributed by atoms with E-state index < -0.39 is 24.2 Å². The van der Waals surface area contributed by atoms with Gasteiger partial charge in [0.25, 0.3) is 0 Å². The van der Waals surface area contributed by atoms with E-state index in [4.69, 9.17) is 9.84 Å². The minimum atomic E-state index is -1.19. The van der Waals surface area contributed by atoms with E-state index >= 15 is 0 Å². The van der Waals surface area contributed by atoms with Crippen LogP contribution in [0.3, 0.4) is 0 Å². The highest BCUT2D eigenvalue weighted by Crippen LogP contribution is 2.19. The van der Waals surface area contributed by atoms with Gasteiger partial charge >= 0.3 is 12.1 Å². The zero-order valence-electron chi connectivity index (χ0n) is 9.96. The highest BCUT2D eigenvalue weighted by atomic mass is 16.5. The van der Waals surface area contributed by atoms with Crippen LogP contribution >= 0.6 is 0 Å². The third-order valence-corrected chi connectivity index (χ3v) is 2.82. The fourth-order valence-electron chi connectivity index (χ4n) is 1.82. The molecule has 0 spiro atoms. The van der Waals surface area contributed by atoms with E-state index in [1.165, 1.54) is 0 Å². The number of hydrogen-bond donors (Lipinski definition) is 2. The van der Waals surface area contributed by atoms with Crippen molar-refractivity contribution in [3.63, 3.8) is 0 Å². The van der Waals surface area contributed by atoms with Crippen LogP contribution < -0.4 is 0 Å². The van der Waals surface area contributed by atoms with E-state index in [-0.39, 0.29) is 6.54 Å². The summed E-state index contributed by atoms with van der Waals surface area (Å²) in [5, 5.41) is 18.3. The Kier molecular flexibility index (Phi) is 5.21. The van der Waals surface area contributed by atoms with Crippen LogP contribution in [0.15, 0.2) is 0 Å². The number of esters is 1. The van der Waals surface area contributed by atoms with E-state index in [2.05, 4.69) is 0 Å². The van der Waals surface area contributed by atoms with Crippen LogP contribution in [-0.4, -0.2) is 52.5 Å². The third kappa shape index (κ3) is 3.89. The molecule has 98 valence electrons. The second-order valence-corrected chi connectivity index (χ2v) is 4.20. The number of carboxylic acid groups (broad SMARTS) is 1. The van der Waals surface area contributed by atoms with Crippen molar-refractivity contribution >= 4 is 12.1 Å². The Morgan fingerprint density at radius 3 is 2.71 bits per heavy atom. The van der Waals surface area contributed by atoms with Crippen molar-refractivity contribution in [3.05, 3.63) is 0 Å². The smallest absolute Gasteiger partial charge is 0.408 e. The van der Waals surface area contributed by atoms with Gasteiger partial charge in [0.15, 0.2) is 0 Å². The van der Waals surface area contributed by atoms with Gasteiger partial charge in [0.05, 0.1) is 19.3 Å². The number of aliphatic hydroxyl groups is 1. The van der Waals surface area contributed by atoms with Gasteiger partial charge in [-0.1, -0.05) is 13.3 Å². The van der Waals surface area contributed by atoms with Crippen LogP contribution in [0.5, 0.6) is 0 Å². The van der Waals surface area contributed by atoms with Crippen molar-refractivity contribution in [3.8, 4) is 0 Å². The summed E-state index contributed by atoms with van der Waals surface area (Å²) in [6.45, 7) is 2.28. The fourth-order valence-corrected chi connectivity index (χ4v) is 1.82. The molecule has 1 fully saturated rings. The van der Waals surface area contributed by atoms with Crippen LogP contribution in [-0.2, 0) is 9.53 Å².